The second kappa shape index (κ2) is 13.7. The number of carboxylic acid groups (broad SMARTS) is 1. The standard InChI is InChI=1S/C26H38N10O9/c27-13(25(41)42)3-5-34(4-1-2-12-7-35(26(43)33-21(12)28)17-6-14(38)16(9-37)44-17)8-15-19(39)20(40)24(45-15)36-11-32-18-22(29)30-10-31-23(18)36/h7,10-11,13-17,19-20,24,37-40H,1-6,8-9,27H2,(H,41,42)(H2,28,33,43)(H2,29,30,31)/t13-,14-,15+,16+,17?,19+,20+,24+/m0/s1. The van der Waals surface area contributed by atoms with Crippen LogP contribution in [0.25, 0.3) is 11.2 Å². The van der Waals surface area contributed by atoms with E-state index in [1.54, 1.807) is 0 Å². The highest BCUT2D eigenvalue weighted by Crippen LogP contribution is 2.33. The third-order valence-electron chi connectivity index (χ3n) is 8.19. The largest absolute Gasteiger partial charge is 0.480 e. The van der Waals surface area contributed by atoms with Crippen LogP contribution >= 0.6 is 0 Å². The summed E-state index contributed by atoms with van der Waals surface area (Å²) in [4.78, 5) is 41.9. The van der Waals surface area contributed by atoms with Crippen LogP contribution in [-0.4, -0.2) is 128 Å². The Morgan fingerprint density at radius 1 is 1.07 bits per heavy atom. The van der Waals surface area contributed by atoms with Crippen LogP contribution in [0.2, 0.25) is 0 Å². The Bertz CT molecular complexity index is 1550. The molecule has 8 atom stereocenters. The Hall–Kier alpha value is -3.82. The third-order valence-corrected chi connectivity index (χ3v) is 8.19. The highest BCUT2D eigenvalue weighted by atomic mass is 16.6. The Labute approximate surface area is 255 Å². The molecule has 5 heterocycles. The van der Waals surface area contributed by atoms with E-state index in [0.717, 1.165) is 0 Å². The van der Waals surface area contributed by atoms with Gasteiger partial charge in [-0.2, -0.15) is 4.98 Å². The molecule has 3 aromatic rings. The molecule has 0 aliphatic carbocycles. The number of nitrogen functional groups attached to an aromatic ring is 2. The smallest absolute Gasteiger partial charge is 0.351 e. The fourth-order valence-corrected chi connectivity index (χ4v) is 5.62. The van der Waals surface area contributed by atoms with Crippen molar-refractivity contribution in [2.75, 3.05) is 37.7 Å². The summed E-state index contributed by atoms with van der Waals surface area (Å²) in [5.41, 5.74) is 18.2. The van der Waals surface area contributed by atoms with Crippen molar-refractivity contribution in [2.45, 2.75) is 74.7 Å². The van der Waals surface area contributed by atoms with E-state index in [9.17, 15) is 35.1 Å². The second-order valence-electron chi connectivity index (χ2n) is 11.2. The van der Waals surface area contributed by atoms with Crippen molar-refractivity contribution >= 4 is 28.8 Å². The number of nitrogens with two attached hydrogens (primary N) is 3. The lowest BCUT2D eigenvalue weighted by Crippen LogP contribution is -2.43. The minimum absolute atomic E-state index is 0.0328. The average Bonchev–Trinajstić information content (AvgIpc) is 3.68. The van der Waals surface area contributed by atoms with Gasteiger partial charge in [-0.1, -0.05) is 0 Å². The Balaban J connectivity index is 1.27. The van der Waals surface area contributed by atoms with Gasteiger partial charge in [0, 0.05) is 31.3 Å². The Morgan fingerprint density at radius 2 is 1.84 bits per heavy atom. The van der Waals surface area contributed by atoms with E-state index in [0.29, 0.717) is 36.1 Å². The maximum Gasteiger partial charge on any atom is 0.351 e. The average molecular weight is 635 g/mol. The first-order chi connectivity index (χ1) is 21.5. The molecule has 45 heavy (non-hydrogen) atoms. The summed E-state index contributed by atoms with van der Waals surface area (Å²) in [5, 5.41) is 50.5. The molecule has 0 bridgehead atoms. The van der Waals surface area contributed by atoms with Crippen molar-refractivity contribution in [3.05, 3.63) is 34.9 Å². The van der Waals surface area contributed by atoms with Crippen LogP contribution in [0.1, 0.15) is 37.3 Å². The Morgan fingerprint density at radius 3 is 2.56 bits per heavy atom. The lowest BCUT2D eigenvalue weighted by molar-refractivity contribution is -0.138. The first kappa shape index (κ1) is 32.6. The molecule has 2 aliphatic rings. The molecule has 19 nitrogen and oxygen atoms in total. The molecule has 0 saturated carbocycles. The van der Waals surface area contributed by atoms with Crippen LogP contribution in [0.5, 0.6) is 0 Å². The van der Waals surface area contributed by atoms with Gasteiger partial charge >= 0.3 is 11.7 Å². The molecule has 2 aliphatic heterocycles. The number of fused-ring (bicyclic) bond motifs is 1. The second-order valence-corrected chi connectivity index (χ2v) is 11.2. The molecule has 2 saturated heterocycles. The maximum absolute atomic E-state index is 12.5. The topological polar surface area (TPSA) is 296 Å². The van der Waals surface area contributed by atoms with Crippen molar-refractivity contribution < 1.29 is 39.8 Å². The summed E-state index contributed by atoms with van der Waals surface area (Å²) in [7, 11) is 0. The number of imidazole rings is 1. The predicted octanol–water partition coefficient (Wildman–Crippen LogP) is -3.46. The summed E-state index contributed by atoms with van der Waals surface area (Å²) in [6, 6.07) is -1.12. The summed E-state index contributed by atoms with van der Waals surface area (Å²) in [5.74, 6) is -0.969. The van der Waals surface area contributed by atoms with Crippen LogP contribution < -0.4 is 22.9 Å². The van der Waals surface area contributed by atoms with Gasteiger partial charge in [-0.05, 0) is 25.8 Å². The zero-order valence-electron chi connectivity index (χ0n) is 24.2. The zero-order valence-corrected chi connectivity index (χ0v) is 24.2. The molecular weight excluding hydrogens is 596 g/mol. The molecule has 246 valence electrons. The normalized spacial score (nSPS) is 27.5. The van der Waals surface area contributed by atoms with E-state index < -0.39 is 67.3 Å². The lowest BCUT2D eigenvalue weighted by atomic mass is 10.1. The van der Waals surface area contributed by atoms with Gasteiger partial charge in [0.2, 0.25) is 0 Å². The zero-order chi connectivity index (χ0) is 32.4. The molecule has 3 aromatic heterocycles. The number of carbonyl (C=O) groups is 1. The molecule has 2 fully saturated rings. The van der Waals surface area contributed by atoms with Crippen LogP contribution in [0.15, 0.2) is 23.6 Å². The monoisotopic (exact) mass is 634 g/mol. The number of aliphatic carboxylic acids is 1. The van der Waals surface area contributed by atoms with Crippen molar-refractivity contribution in [3.63, 3.8) is 0 Å². The molecule has 11 N–H and O–H groups in total. The van der Waals surface area contributed by atoms with E-state index in [-0.39, 0.29) is 37.6 Å². The van der Waals surface area contributed by atoms with Gasteiger partial charge in [-0.3, -0.25) is 13.9 Å². The number of ether oxygens (including phenoxy) is 2. The van der Waals surface area contributed by atoms with Crippen LogP contribution in [-0.2, 0) is 20.7 Å². The minimum Gasteiger partial charge on any atom is -0.480 e. The fourth-order valence-electron chi connectivity index (χ4n) is 5.62. The summed E-state index contributed by atoms with van der Waals surface area (Å²) < 4.78 is 14.4. The fraction of sp³-hybridized carbons (Fsp3) is 0.615. The predicted molar refractivity (Wildman–Crippen MR) is 155 cm³/mol. The number of hydrogen-bond donors (Lipinski definition) is 8. The van der Waals surface area contributed by atoms with E-state index >= 15 is 0 Å². The molecule has 0 spiro atoms. The number of nitrogens with zero attached hydrogens (tertiary/aromatic N) is 7. The van der Waals surface area contributed by atoms with Crippen molar-refractivity contribution in [2.24, 2.45) is 5.73 Å². The van der Waals surface area contributed by atoms with E-state index in [1.807, 2.05) is 4.90 Å². The van der Waals surface area contributed by atoms with Gasteiger partial charge in [0.1, 0.15) is 54.3 Å². The van der Waals surface area contributed by atoms with Gasteiger partial charge in [0.15, 0.2) is 17.7 Å². The number of hydrogen-bond acceptors (Lipinski definition) is 16. The van der Waals surface area contributed by atoms with Crippen molar-refractivity contribution in [1.29, 1.82) is 0 Å². The van der Waals surface area contributed by atoms with Crippen molar-refractivity contribution in [3.8, 4) is 0 Å². The highest BCUT2D eigenvalue weighted by molar-refractivity contribution is 5.81. The minimum atomic E-state index is -1.33. The number of carboxylic acids is 1. The number of rotatable bonds is 13. The molecule has 0 aromatic carbocycles. The summed E-state index contributed by atoms with van der Waals surface area (Å²) >= 11 is 0. The summed E-state index contributed by atoms with van der Waals surface area (Å²) in [6.45, 7) is 0.333. The third kappa shape index (κ3) is 6.89. The van der Waals surface area contributed by atoms with Gasteiger partial charge < -0.3 is 57.1 Å². The molecule has 5 rings (SSSR count). The van der Waals surface area contributed by atoms with Gasteiger partial charge in [-0.15, -0.1) is 0 Å². The first-order valence-electron chi connectivity index (χ1n) is 14.5. The Kier molecular flexibility index (Phi) is 9.89. The van der Waals surface area contributed by atoms with Crippen LogP contribution in [0.4, 0.5) is 11.6 Å². The van der Waals surface area contributed by atoms with Crippen LogP contribution in [0.3, 0.4) is 0 Å². The number of aliphatic hydroxyl groups is 4. The van der Waals surface area contributed by atoms with E-state index in [1.165, 1.54) is 28.0 Å². The quantitative estimate of drug-likeness (QED) is 0.0906. The molecular formula is C26H38N10O9. The van der Waals surface area contributed by atoms with Crippen LogP contribution in [0, 0.1) is 0 Å². The van der Waals surface area contributed by atoms with Gasteiger partial charge in [0.05, 0.1) is 19.0 Å². The number of aryl methyl sites for hydroxylation is 1. The molecule has 0 amide bonds. The SMILES string of the molecule is Nc1nc(=O)n(C2C[C@H](O)[C@@H](CO)O2)cc1CCCN(CC[C@H](N)C(=O)O)C[C@H]1O[C@@H](n2cnc3c(N)ncnc32)[C@H](O)[C@@H]1O. The van der Waals surface area contributed by atoms with Crippen molar-refractivity contribution in [1.82, 2.24) is 34.0 Å². The van der Waals surface area contributed by atoms with Gasteiger partial charge in [0.25, 0.3) is 0 Å². The molecule has 19 heteroatoms. The lowest BCUT2D eigenvalue weighted by Gasteiger charge is -2.27. The van der Waals surface area contributed by atoms with Gasteiger partial charge in [-0.25, -0.2) is 19.7 Å². The number of aliphatic hydroxyl groups excluding tert-OH is 4. The molecule has 1 unspecified atom stereocenters. The van der Waals surface area contributed by atoms with E-state index in [2.05, 4.69) is 19.9 Å². The number of anilines is 2. The number of aromatic nitrogens is 6. The maximum atomic E-state index is 12.5. The summed E-state index contributed by atoms with van der Waals surface area (Å²) in [6.07, 6.45) is -1.92. The molecule has 0 radical (unpaired) electrons. The first-order valence-corrected chi connectivity index (χ1v) is 14.5. The highest BCUT2D eigenvalue weighted by Gasteiger charge is 2.45. The van der Waals surface area contributed by atoms with E-state index in [4.69, 9.17) is 26.7 Å².